The highest BCUT2D eigenvalue weighted by Crippen LogP contribution is 2.40. The molecule has 3 rings (SSSR count). The van der Waals surface area contributed by atoms with Crippen LogP contribution in [0, 0.1) is 0 Å². The number of amides is 1. The van der Waals surface area contributed by atoms with E-state index in [1.165, 1.54) is 27.3 Å². The zero-order valence-electron chi connectivity index (χ0n) is 22.1. The van der Waals surface area contributed by atoms with Crippen LogP contribution in [0.2, 0.25) is 0 Å². The highest BCUT2D eigenvalue weighted by Gasteiger charge is 2.39. The van der Waals surface area contributed by atoms with Crippen molar-refractivity contribution in [2.24, 2.45) is 0 Å². The predicted molar refractivity (Wildman–Crippen MR) is 142 cm³/mol. The molecule has 0 aliphatic heterocycles. The van der Waals surface area contributed by atoms with Crippen molar-refractivity contribution in [1.29, 1.82) is 0 Å². The van der Waals surface area contributed by atoms with E-state index in [-0.39, 0.29) is 18.0 Å². The van der Waals surface area contributed by atoms with Crippen molar-refractivity contribution in [2.75, 3.05) is 25.8 Å². The van der Waals surface area contributed by atoms with Gasteiger partial charge in [-0.25, -0.2) is 20.0 Å². The molecule has 0 saturated heterocycles. The van der Waals surface area contributed by atoms with E-state index in [1.807, 2.05) is 6.92 Å². The SMILES string of the molecule is CCCOC(=O)C(C)(C)N[P@](=O)(CO[C@H](C)Cn1cnc2c(N)ncnc21)NC(=O)c1ccc(OC)cc1. The fourth-order valence-electron chi connectivity index (χ4n) is 3.53. The number of esters is 1. The van der Waals surface area contributed by atoms with Gasteiger partial charge in [0.2, 0.25) is 0 Å². The van der Waals surface area contributed by atoms with E-state index in [9.17, 15) is 14.2 Å². The van der Waals surface area contributed by atoms with Crippen LogP contribution in [0.1, 0.15) is 44.5 Å². The van der Waals surface area contributed by atoms with Crippen molar-refractivity contribution in [3.05, 3.63) is 42.5 Å². The largest absolute Gasteiger partial charge is 0.497 e. The molecule has 0 spiro atoms. The lowest BCUT2D eigenvalue weighted by Gasteiger charge is -2.31. The van der Waals surface area contributed by atoms with E-state index in [4.69, 9.17) is 19.9 Å². The van der Waals surface area contributed by atoms with Gasteiger partial charge >= 0.3 is 5.97 Å². The van der Waals surface area contributed by atoms with E-state index in [0.29, 0.717) is 29.9 Å². The van der Waals surface area contributed by atoms with E-state index in [0.717, 1.165) is 0 Å². The molecule has 3 aromatic rings. The number of ether oxygens (including phenoxy) is 3. The lowest BCUT2D eigenvalue weighted by Crippen LogP contribution is -2.49. The summed E-state index contributed by atoms with van der Waals surface area (Å²) in [7, 11) is -2.33. The van der Waals surface area contributed by atoms with Crippen LogP contribution in [0.5, 0.6) is 5.75 Å². The number of nitrogens with two attached hydrogens (primary N) is 1. The molecule has 14 heteroatoms. The van der Waals surface area contributed by atoms with E-state index in [1.54, 1.807) is 42.1 Å². The van der Waals surface area contributed by atoms with Crippen molar-refractivity contribution in [2.45, 2.75) is 52.3 Å². The van der Waals surface area contributed by atoms with Crippen molar-refractivity contribution in [3.63, 3.8) is 0 Å². The normalized spacial score (nSPS) is 14.0. The molecule has 2 heterocycles. The van der Waals surface area contributed by atoms with Gasteiger partial charge in [-0.15, -0.1) is 0 Å². The van der Waals surface area contributed by atoms with E-state index in [2.05, 4.69) is 25.1 Å². The summed E-state index contributed by atoms with van der Waals surface area (Å²) in [5.74, 6) is -0.382. The summed E-state index contributed by atoms with van der Waals surface area (Å²) in [6, 6.07) is 6.31. The third-order valence-corrected chi connectivity index (χ3v) is 7.46. The van der Waals surface area contributed by atoms with Gasteiger partial charge in [0.1, 0.15) is 29.5 Å². The fourth-order valence-corrected chi connectivity index (χ4v) is 5.63. The highest BCUT2D eigenvalue weighted by molar-refractivity contribution is 7.60. The summed E-state index contributed by atoms with van der Waals surface area (Å²) in [4.78, 5) is 38.0. The number of hydrogen-bond acceptors (Lipinski definition) is 10. The fraction of sp³-hybridized carbons (Fsp3) is 0.458. The summed E-state index contributed by atoms with van der Waals surface area (Å²) >= 11 is 0. The van der Waals surface area contributed by atoms with Crippen molar-refractivity contribution >= 4 is 36.3 Å². The molecule has 0 unspecified atom stereocenters. The Kier molecular flexibility index (Phi) is 9.42. The second-order valence-electron chi connectivity index (χ2n) is 9.22. The predicted octanol–water partition coefficient (Wildman–Crippen LogP) is 2.72. The molecule has 0 bridgehead atoms. The Morgan fingerprint density at radius 3 is 2.55 bits per heavy atom. The quantitative estimate of drug-likeness (QED) is 0.212. The molecule has 4 N–H and O–H groups in total. The molecule has 2 atom stereocenters. The Morgan fingerprint density at radius 1 is 1.18 bits per heavy atom. The van der Waals surface area contributed by atoms with Gasteiger partial charge in [-0.1, -0.05) is 6.92 Å². The van der Waals surface area contributed by atoms with Gasteiger partial charge in [0, 0.05) is 5.56 Å². The Labute approximate surface area is 220 Å². The zero-order valence-corrected chi connectivity index (χ0v) is 23.0. The molecule has 13 nitrogen and oxygen atoms in total. The summed E-state index contributed by atoms with van der Waals surface area (Å²) < 4.78 is 32.0. The number of carbonyl (C=O) groups excluding carboxylic acids is 2. The summed E-state index contributed by atoms with van der Waals surface area (Å²) in [5, 5.41) is 5.34. The number of nitrogens with zero attached hydrogens (tertiary/aromatic N) is 4. The van der Waals surface area contributed by atoms with Gasteiger partial charge in [-0.2, -0.15) is 0 Å². The second kappa shape index (κ2) is 12.3. The highest BCUT2D eigenvalue weighted by atomic mass is 31.2. The first-order valence-electron chi connectivity index (χ1n) is 12.0. The summed E-state index contributed by atoms with van der Waals surface area (Å²) in [6.07, 6.45) is 2.66. The lowest BCUT2D eigenvalue weighted by atomic mass is 10.1. The summed E-state index contributed by atoms with van der Waals surface area (Å²) in [6.45, 7) is 7.22. The molecule has 206 valence electrons. The molecular formula is C24H34N7O6P. The number of imidazole rings is 1. The van der Waals surface area contributed by atoms with Crippen molar-refractivity contribution < 1.29 is 28.4 Å². The minimum Gasteiger partial charge on any atom is -0.497 e. The molecule has 1 amide bonds. The first-order chi connectivity index (χ1) is 18.0. The molecule has 0 radical (unpaired) electrons. The minimum atomic E-state index is -3.84. The lowest BCUT2D eigenvalue weighted by molar-refractivity contribution is -0.149. The molecule has 38 heavy (non-hydrogen) atoms. The van der Waals surface area contributed by atoms with Crippen LogP contribution >= 0.6 is 7.44 Å². The molecule has 1 aromatic carbocycles. The molecular weight excluding hydrogens is 513 g/mol. The van der Waals surface area contributed by atoms with E-state index < -0.39 is 37.3 Å². The van der Waals surface area contributed by atoms with Gasteiger partial charge in [-0.05, 0) is 51.5 Å². The summed E-state index contributed by atoms with van der Waals surface area (Å²) in [5.41, 5.74) is 5.73. The van der Waals surface area contributed by atoms with Gasteiger partial charge < -0.3 is 24.5 Å². The first-order valence-corrected chi connectivity index (χ1v) is 13.9. The van der Waals surface area contributed by atoms with Gasteiger partial charge in [0.05, 0.1) is 32.7 Å². The number of benzene rings is 1. The average Bonchev–Trinajstić information content (AvgIpc) is 3.29. The Bertz CT molecular complexity index is 1310. The maximum Gasteiger partial charge on any atom is 0.326 e. The monoisotopic (exact) mass is 547 g/mol. The zero-order chi connectivity index (χ0) is 27.9. The Hall–Kier alpha value is -3.54. The number of rotatable bonds is 13. The standard InChI is InChI=1S/C24H34N7O6P/c1-6-11-36-23(33)24(3,4)30-38(34,29-22(32)17-7-9-18(35-5)10-8-17)15-37-16(2)12-31-14-28-19-20(25)26-13-27-21(19)31/h7-10,13-14,16H,6,11-12,15H2,1-5H3,(H2,25,26,27)(H2,29,30,32,34)/t16-,38+/m1/s1. The Morgan fingerprint density at radius 2 is 1.89 bits per heavy atom. The van der Waals surface area contributed by atoms with Crippen molar-refractivity contribution in [1.82, 2.24) is 29.7 Å². The third kappa shape index (κ3) is 7.27. The number of hydrogen-bond donors (Lipinski definition) is 3. The number of anilines is 1. The third-order valence-electron chi connectivity index (χ3n) is 5.47. The molecule has 0 saturated carbocycles. The van der Waals surface area contributed by atoms with Crippen LogP contribution in [0.25, 0.3) is 11.2 Å². The second-order valence-corrected chi connectivity index (χ2v) is 11.4. The molecule has 0 fully saturated rings. The molecule has 2 aromatic heterocycles. The van der Waals surface area contributed by atoms with Crippen LogP contribution in [-0.2, 0) is 25.4 Å². The van der Waals surface area contributed by atoms with Crippen molar-refractivity contribution in [3.8, 4) is 5.75 Å². The van der Waals surface area contributed by atoms with Gasteiger partial charge in [0.25, 0.3) is 13.4 Å². The van der Waals surface area contributed by atoms with Crippen LogP contribution in [-0.4, -0.2) is 63.1 Å². The van der Waals surface area contributed by atoms with Crippen LogP contribution in [0.3, 0.4) is 0 Å². The van der Waals surface area contributed by atoms with Crippen LogP contribution in [0.4, 0.5) is 5.82 Å². The average molecular weight is 548 g/mol. The molecule has 0 aliphatic carbocycles. The van der Waals surface area contributed by atoms with E-state index >= 15 is 0 Å². The smallest absolute Gasteiger partial charge is 0.326 e. The van der Waals surface area contributed by atoms with Gasteiger partial charge in [-0.3, -0.25) is 19.2 Å². The topological polar surface area (TPSA) is 173 Å². The minimum absolute atomic E-state index is 0.215. The number of aromatic nitrogens is 4. The Balaban J connectivity index is 1.77. The van der Waals surface area contributed by atoms with Crippen LogP contribution in [0.15, 0.2) is 36.9 Å². The first kappa shape index (κ1) is 29.0. The number of fused-ring (bicyclic) bond motifs is 1. The number of methoxy groups -OCH3 is 1. The van der Waals surface area contributed by atoms with Gasteiger partial charge in [0.15, 0.2) is 11.5 Å². The number of carbonyl (C=O) groups is 2. The maximum atomic E-state index is 14.0. The number of nitrogens with one attached hydrogen (secondary N) is 2. The van der Waals surface area contributed by atoms with Crippen LogP contribution < -0.4 is 20.6 Å². The maximum absolute atomic E-state index is 14.0. The number of nitrogen functional groups attached to an aromatic ring is 1. The molecule has 0 aliphatic rings.